The zero-order valence-electron chi connectivity index (χ0n) is 17.5. The van der Waals surface area contributed by atoms with Crippen molar-refractivity contribution in [3.05, 3.63) is 59.8 Å². The summed E-state index contributed by atoms with van der Waals surface area (Å²) in [6.07, 6.45) is 4.77. The third-order valence-corrected chi connectivity index (χ3v) is 5.87. The van der Waals surface area contributed by atoms with E-state index in [2.05, 4.69) is 5.10 Å². The molecule has 164 valence electrons. The van der Waals surface area contributed by atoms with Crippen LogP contribution in [0.4, 0.5) is 4.39 Å². The van der Waals surface area contributed by atoms with Crippen LogP contribution in [0, 0.1) is 11.7 Å². The predicted octanol–water partition coefficient (Wildman–Crippen LogP) is 3.37. The van der Waals surface area contributed by atoms with Gasteiger partial charge in [0.15, 0.2) is 0 Å². The molecular formula is C23H26FN3O4. The van der Waals surface area contributed by atoms with Crippen molar-refractivity contribution in [1.82, 2.24) is 9.91 Å². The van der Waals surface area contributed by atoms with Crippen molar-refractivity contribution in [2.45, 2.75) is 31.7 Å². The van der Waals surface area contributed by atoms with Crippen molar-refractivity contribution in [3.8, 4) is 0 Å². The summed E-state index contributed by atoms with van der Waals surface area (Å²) in [5, 5.41) is 5.94. The van der Waals surface area contributed by atoms with Crippen LogP contribution in [0.15, 0.2) is 52.2 Å². The van der Waals surface area contributed by atoms with Crippen LogP contribution < -0.4 is 0 Å². The average Bonchev–Trinajstić information content (AvgIpc) is 3.39. The Kier molecular flexibility index (Phi) is 6.46. The van der Waals surface area contributed by atoms with Gasteiger partial charge in [-0.05, 0) is 42.7 Å². The fourth-order valence-electron chi connectivity index (χ4n) is 3.88. The van der Waals surface area contributed by atoms with Gasteiger partial charge in [-0.25, -0.2) is 9.40 Å². The zero-order valence-corrected chi connectivity index (χ0v) is 17.5. The lowest BCUT2D eigenvalue weighted by molar-refractivity contribution is -0.146. The minimum Gasteiger partial charge on any atom is -0.467 e. The summed E-state index contributed by atoms with van der Waals surface area (Å²) in [5.41, 5.74) is 1.42. The molecule has 0 unspecified atom stereocenters. The summed E-state index contributed by atoms with van der Waals surface area (Å²) in [6.45, 7) is 0.638. The molecule has 31 heavy (non-hydrogen) atoms. The van der Waals surface area contributed by atoms with Gasteiger partial charge in [0, 0.05) is 26.0 Å². The summed E-state index contributed by atoms with van der Waals surface area (Å²) in [7, 11) is 1.57. The standard InChI is InChI=1S/C23H26FN3O4/c1-30-13-11-26(23(29)17-4-2-5-17)15-22(28)27-20(21-6-3-12-31-21)14-19(25-27)16-7-9-18(24)10-8-16/h3,6-10,12,17,20H,2,4-5,11,13-15H2,1H3/t20-/m1/s1. The number of hydrogen-bond donors (Lipinski definition) is 0. The molecule has 1 aromatic heterocycles. The number of ether oxygens (including phenoxy) is 1. The number of amides is 2. The van der Waals surface area contributed by atoms with E-state index in [0.717, 1.165) is 24.8 Å². The molecule has 0 N–H and O–H groups in total. The quantitative estimate of drug-likeness (QED) is 0.647. The first kappa shape index (κ1) is 21.2. The van der Waals surface area contributed by atoms with E-state index in [0.29, 0.717) is 31.0 Å². The maximum Gasteiger partial charge on any atom is 0.262 e. The van der Waals surface area contributed by atoms with Crippen LogP contribution >= 0.6 is 0 Å². The number of benzene rings is 1. The molecule has 1 aliphatic heterocycles. The number of carbonyl (C=O) groups excluding carboxylic acids is 2. The summed E-state index contributed by atoms with van der Waals surface area (Å²) < 4.78 is 24.0. The van der Waals surface area contributed by atoms with Crippen LogP contribution in [0.3, 0.4) is 0 Å². The number of nitrogens with zero attached hydrogens (tertiary/aromatic N) is 3. The highest BCUT2D eigenvalue weighted by Gasteiger charge is 2.37. The number of halogens is 1. The highest BCUT2D eigenvalue weighted by molar-refractivity contribution is 6.03. The maximum atomic E-state index is 13.3. The Morgan fingerprint density at radius 2 is 2.03 bits per heavy atom. The topological polar surface area (TPSA) is 75.3 Å². The molecule has 1 aromatic carbocycles. The van der Waals surface area contributed by atoms with Gasteiger partial charge in [-0.3, -0.25) is 9.59 Å². The molecule has 7 nitrogen and oxygen atoms in total. The fraction of sp³-hybridized carbons (Fsp3) is 0.435. The van der Waals surface area contributed by atoms with Gasteiger partial charge in [0.1, 0.15) is 24.2 Å². The van der Waals surface area contributed by atoms with Crippen molar-refractivity contribution < 1.29 is 23.1 Å². The summed E-state index contributed by atoms with van der Waals surface area (Å²) in [6, 6.07) is 9.18. The van der Waals surface area contributed by atoms with Crippen LogP contribution in [0.2, 0.25) is 0 Å². The molecule has 1 aliphatic carbocycles. The lowest BCUT2D eigenvalue weighted by atomic mass is 9.84. The van der Waals surface area contributed by atoms with E-state index in [9.17, 15) is 14.0 Å². The van der Waals surface area contributed by atoms with Gasteiger partial charge in [-0.2, -0.15) is 5.10 Å². The van der Waals surface area contributed by atoms with Crippen LogP contribution in [-0.4, -0.2) is 54.2 Å². The van der Waals surface area contributed by atoms with Gasteiger partial charge in [-0.1, -0.05) is 18.6 Å². The van der Waals surface area contributed by atoms with Gasteiger partial charge in [-0.15, -0.1) is 0 Å². The smallest absolute Gasteiger partial charge is 0.262 e. The van der Waals surface area contributed by atoms with Crippen LogP contribution in [0.5, 0.6) is 0 Å². The van der Waals surface area contributed by atoms with Gasteiger partial charge in [0.05, 0.1) is 18.6 Å². The predicted molar refractivity (Wildman–Crippen MR) is 112 cm³/mol. The van der Waals surface area contributed by atoms with Gasteiger partial charge in [0.2, 0.25) is 5.91 Å². The molecule has 1 saturated carbocycles. The molecule has 4 rings (SSSR count). The Bertz CT molecular complexity index is 938. The monoisotopic (exact) mass is 427 g/mol. The SMILES string of the molecule is COCCN(CC(=O)N1N=C(c2ccc(F)cc2)C[C@@H]1c1ccco1)C(=O)C1CCC1. The molecule has 8 heteroatoms. The molecule has 0 radical (unpaired) electrons. The van der Waals surface area contributed by atoms with Crippen LogP contribution in [-0.2, 0) is 14.3 Å². The molecule has 0 spiro atoms. The molecule has 0 bridgehead atoms. The number of carbonyl (C=O) groups is 2. The summed E-state index contributed by atoms with van der Waals surface area (Å²) >= 11 is 0. The van der Waals surface area contributed by atoms with Crippen molar-refractivity contribution in [2.75, 3.05) is 26.8 Å². The number of methoxy groups -OCH3 is 1. The van der Waals surface area contributed by atoms with E-state index in [1.54, 1.807) is 42.5 Å². The second-order valence-corrected chi connectivity index (χ2v) is 7.91. The molecule has 0 saturated heterocycles. The number of hydrogen-bond acceptors (Lipinski definition) is 5. The van der Waals surface area contributed by atoms with Crippen molar-refractivity contribution >= 4 is 17.5 Å². The Morgan fingerprint density at radius 3 is 2.65 bits per heavy atom. The van der Waals surface area contributed by atoms with E-state index in [1.807, 2.05) is 0 Å². The molecule has 2 aliphatic rings. The molecule has 2 heterocycles. The first-order chi connectivity index (χ1) is 15.1. The van der Waals surface area contributed by atoms with E-state index in [1.165, 1.54) is 17.1 Å². The van der Waals surface area contributed by atoms with E-state index in [4.69, 9.17) is 9.15 Å². The van der Waals surface area contributed by atoms with Gasteiger partial charge in [0.25, 0.3) is 5.91 Å². The first-order valence-corrected chi connectivity index (χ1v) is 10.5. The van der Waals surface area contributed by atoms with Crippen molar-refractivity contribution in [1.29, 1.82) is 0 Å². The minimum absolute atomic E-state index is 0.00636. The molecule has 2 aromatic rings. The average molecular weight is 427 g/mol. The lowest BCUT2D eigenvalue weighted by Crippen LogP contribution is -2.46. The third-order valence-electron chi connectivity index (χ3n) is 5.87. The maximum absolute atomic E-state index is 13.3. The molecular weight excluding hydrogens is 401 g/mol. The fourth-order valence-corrected chi connectivity index (χ4v) is 3.88. The number of furan rings is 1. The van der Waals surface area contributed by atoms with Crippen molar-refractivity contribution in [2.24, 2.45) is 11.0 Å². The summed E-state index contributed by atoms with van der Waals surface area (Å²) in [4.78, 5) is 27.7. The second kappa shape index (κ2) is 9.43. The third kappa shape index (κ3) is 4.69. The summed E-state index contributed by atoms with van der Waals surface area (Å²) in [5.74, 6) is -0.0260. The van der Waals surface area contributed by atoms with Gasteiger partial charge >= 0.3 is 0 Å². The lowest BCUT2D eigenvalue weighted by Gasteiger charge is -2.32. The molecule has 1 fully saturated rings. The van der Waals surface area contributed by atoms with Crippen LogP contribution in [0.1, 0.15) is 43.0 Å². The highest BCUT2D eigenvalue weighted by Crippen LogP contribution is 2.33. The van der Waals surface area contributed by atoms with Gasteiger partial charge < -0.3 is 14.1 Å². The first-order valence-electron chi connectivity index (χ1n) is 10.5. The molecule has 1 atom stereocenters. The molecule has 2 amide bonds. The Hall–Kier alpha value is -3.00. The Morgan fingerprint density at radius 1 is 1.26 bits per heavy atom. The number of hydrazone groups is 1. The Balaban J connectivity index is 1.55. The minimum atomic E-state index is -0.411. The Labute approximate surface area is 180 Å². The highest BCUT2D eigenvalue weighted by atomic mass is 19.1. The van der Waals surface area contributed by atoms with E-state index >= 15 is 0 Å². The normalized spacial score (nSPS) is 18.6. The van der Waals surface area contributed by atoms with Crippen LogP contribution in [0.25, 0.3) is 0 Å². The van der Waals surface area contributed by atoms with E-state index in [-0.39, 0.29) is 30.1 Å². The van der Waals surface area contributed by atoms with Crippen molar-refractivity contribution in [3.63, 3.8) is 0 Å². The van der Waals surface area contributed by atoms with E-state index < -0.39 is 6.04 Å². The zero-order chi connectivity index (χ0) is 21.8. The second-order valence-electron chi connectivity index (χ2n) is 7.91. The largest absolute Gasteiger partial charge is 0.467 e. The number of rotatable bonds is 8.